The maximum atomic E-state index is 13.5. The highest BCUT2D eigenvalue weighted by Crippen LogP contribution is 2.32. The molecule has 6 nitrogen and oxygen atoms in total. The van der Waals surface area contributed by atoms with E-state index in [1.807, 2.05) is 52.0 Å². The minimum absolute atomic E-state index is 0.144. The van der Waals surface area contributed by atoms with Crippen molar-refractivity contribution < 1.29 is 17.9 Å². The van der Waals surface area contributed by atoms with Gasteiger partial charge in [0.05, 0.1) is 13.0 Å². The van der Waals surface area contributed by atoms with E-state index in [4.69, 9.17) is 4.74 Å². The normalized spacial score (nSPS) is 17.5. The van der Waals surface area contributed by atoms with Gasteiger partial charge in [-0.1, -0.05) is 37.6 Å². The van der Waals surface area contributed by atoms with Crippen LogP contribution in [0.2, 0.25) is 0 Å². The lowest BCUT2D eigenvalue weighted by molar-refractivity contribution is -0.120. The summed E-state index contributed by atoms with van der Waals surface area (Å²) in [6, 6.07) is 11.1. The third kappa shape index (κ3) is 5.10. The van der Waals surface area contributed by atoms with E-state index in [2.05, 4.69) is 5.32 Å². The van der Waals surface area contributed by atoms with Crippen LogP contribution in [0.5, 0.6) is 5.75 Å². The largest absolute Gasteiger partial charge is 0.495 e. The second-order valence-corrected chi connectivity index (χ2v) is 10.5. The quantitative estimate of drug-likeness (QED) is 0.713. The van der Waals surface area contributed by atoms with E-state index in [0.717, 1.165) is 22.4 Å². The predicted octanol–water partition coefficient (Wildman–Crippen LogP) is 4.47. The molecule has 7 heteroatoms. The van der Waals surface area contributed by atoms with Gasteiger partial charge < -0.3 is 10.1 Å². The molecule has 0 aromatic heterocycles. The fourth-order valence-corrected chi connectivity index (χ4v) is 5.67. The lowest BCUT2D eigenvalue weighted by Crippen LogP contribution is -2.43. The molecule has 1 amide bonds. The lowest BCUT2D eigenvalue weighted by atomic mass is 9.98. The molecule has 0 spiro atoms. The molecule has 1 aliphatic rings. The molecule has 0 bridgehead atoms. The Morgan fingerprint density at radius 3 is 2.55 bits per heavy atom. The predicted molar refractivity (Wildman–Crippen MR) is 123 cm³/mol. The molecular formula is C24H32N2O4S. The Hall–Kier alpha value is -2.38. The minimum Gasteiger partial charge on any atom is -0.495 e. The van der Waals surface area contributed by atoms with Crippen LogP contribution in [0, 0.1) is 19.8 Å². The fourth-order valence-electron chi connectivity index (χ4n) is 3.96. The van der Waals surface area contributed by atoms with Crippen molar-refractivity contribution in [3.8, 4) is 5.75 Å². The topological polar surface area (TPSA) is 75.7 Å². The second-order valence-electron chi connectivity index (χ2n) is 8.57. The lowest BCUT2D eigenvalue weighted by Gasteiger charge is -2.31. The highest BCUT2D eigenvalue weighted by molar-refractivity contribution is 7.89. The molecule has 0 unspecified atom stereocenters. The van der Waals surface area contributed by atoms with Gasteiger partial charge in [-0.25, -0.2) is 8.42 Å². The van der Waals surface area contributed by atoms with E-state index >= 15 is 0 Å². The van der Waals surface area contributed by atoms with Crippen LogP contribution < -0.4 is 10.1 Å². The number of carbonyl (C=O) groups is 1. The number of carbonyl (C=O) groups excluding carboxylic acids is 1. The molecule has 1 atom stereocenters. The number of rotatable bonds is 6. The summed E-state index contributed by atoms with van der Waals surface area (Å²) in [6.45, 7) is 8.55. The van der Waals surface area contributed by atoms with Crippen molar-refractivity contribution in [1.29, 1.82) is 0 Å². The molecule has 1 fully saturated rings. The highest BCUT2D eigenvalue weighted by atomic mass is 32.2. The maximum absolute atomic E-state index is 13.5. The van der Waals surface area contributed by atoms with Gasteiger partial charge in [0.2, 0.25) is 15.9 Å². The van der Waals surface area contributed by atoms with E-state index in [-0.39, 0.29) is 23.3 Å². The number of hydrogen-bond acceptors (Lipinski definition) is 4. The standard InChI is InChI=1S/C24H32N2O4S/c1-16(2)19-9-11-22(30-5)23(14-19)31(28,29)26-12-6-7-20(15-26)24(27)25-21-10-8-17(3)13-18(21)4/h8-11,13-14,16,20H,6-7,12,15H2,1-5H3,(H,25,27)/t20-/m1/s1. The van der Waals surface area contributed by atoms with E-state index in [1.165, 1.54) is 11.4 Å². The first-order chi connectivity index (χ1) is 14.6. The van der Waals surface area contributed by atoms with Crippen LogP contribution in [0.4, 0.5) is 5.69 Å². The number of piperidine rings is 1. The van der Waals surface area contributed by atoms with Crippen LogP contribution in [0.15, 0.2) is 41.3 Å². The summed E-state index contributed by atoms with van der Waals surface area (Å²) >= 11 is 0. The Bertz CT molecular complexity index is 1060. The molecule has 2 aromatic rings. The number of nitrogens with one attached hydrogen (secondary N) is 1. The molecular weight excluding hydrogens is 412 g/mol. The van der Waals surface area contributed by atoms with Crippen molar-refractivity contribution in [2.75, 3.05) is 25.5 Å². The van der Waals surface area contributed by atoms with Crippen molar-refractivity contribution in [3.05, 3.63) is 53.1 Å². The Labute approximate surface area is 185 Å². The molecule has 0 radical (unpaired) electrons. The first-order valence-electron chi connectivity index (χ1n) is 10.7. The van der Waals surface area contributed by atoms with E-state index in [0.29, 0.717) is 25.1 Å². The van der Waals surface area contributed by atoms with Crippen LogP contribution >= 0.6 is 0 Å². The number of nitrogens with zero attached hydrogens (tertiary/aromatic N) is 1. The van der Waals surface area contributed by atoms with Gasteiger partial charge in [0, 0.05) is 18.8 Å². The second kappa shape index (κ2) is 9.40. The smallest absolute Gasteiger partial charge is 0.246 e. The van der Waals surface area contributed by atoms with Crippen LogP contribution in [-0.2, 0) is 14.8 Å². The number of hydrogen-bond donors (Lipinski definition) is 1. The van der Waals surface area contributed by atoms with Gasteiger partial charge in [0.25, 0.3) is 0 Å². The number of benzene rings is 2. The average Bonchev–Trinajstić information content (AvgIpc) is 2.75. The SMILES string of the molecule is COc1ccc(C(C)C)cc1S(=O)(=O)N1CCC[C@@H](C(=O)Nc2ccc(C)cc2C)C1. The number of anilines is 1. The molecule has 1 aliphatic heterocycles. The first kappa shape index (κ1) is 23.3. The van der Waals surface area contributed by atoms with Crippen LogP contribution in [-0.4, -0.2) is 38.8 Å². The summed E-state index contributed by atoms with van der Waals surface area (Å²) < 4.78 is 33.7. The van der Waals surface area contributed by atoms with Gasteiger partial charge in [-0.3, -0.25) is 4.79 Å². The zero-order valence-electron chi connectivity index (χ0n) is 18.9. The van der Waals surface area contributed by atoms with Crippen molar-refractivity contribution in [2.45, 2.75) is 51.3 Å². The zero-order valence-corrected chi connectivity index (χ0v) is 19.8. The summed E-state index contributed by atoms with van der Waals surface area (Å²) in [6.07, 6.45) is 1.29. The number of sulfonamides is 1. The van der Waals surface area contributed by atoms with E-state index in [9.17, 15) is 13.2 Å². The molecule has 3 rings (SSSR count). The van der Waals surface area contributed by atoms with Crippen molar-refractivity contribution in [1.82, 2.24) is 4.31 Å². The van der Waals surface area contributed by atoms with Crippen molar-refractivity contribution in [3.63, 3.8) is 0 Å². The first-order valence-corrected chi connectivity index (χ1v) is 12.1. The Balaban J connectivity index is 1.82. The van der Waals surface area contributed by atoms with Crippen molar-refractivity contribution >= 4 is 21.6 Å². The van der Waals surface area contributed by atoms with E-state index in [1.54, 1.807) is 12.1 Å². The molecule has 0 aliphatic carbocycles. The summed E-state index contributed by atoms with van der Waals surface area (Å²) in [5.74, 6) is -0.0259. The molecule has 1 heterocycles. The molecule has 2 aromatic carbocycles. The average molecular weight is 445 g/mol. The summed E-state index contributed by atoms with van der Waals surface area (Å²) in [5.41, 5.74) is 3.81. The van der Waals surface area contributed by atoms with E-state index < -0.39 is 15.9 Å². The monoisotopic (exact) mass is 444 g/mol. The minimum atomic E-state index is -3.79. The fraction of sp³-hybridized carbons (Fsp3) is 0.458. The van der Waals surface area contributed by atoms with Crippen LogP contribution in [0.1, 0.15) is 49.3 Å². The number of ether oxygens (including phenoxy) is 1. The Morgan fingerprint density at radius 2 is 1.90 bits per heavy atom. The maximum Gasteiger partial charge on any atom is 0.246 e. The Morgan fingerprint density at radius 1 is 1.16 bits per heavy atom. The molecule has 1 N–H and O–H groups in total. The Kier molecular flexibility index (Phi) is 7.06. The number of aryl methyl sites for hydroxylation is 2. The summed E-state index contributed by atoms with van der Waals surface area (Å²) in [7, 11) is -2.31. The van der Waals surface area contributed by atoms with Gasteiger partial charge >= 0.3 is 0 Å². The van der Waals surface area contributed by atoms with Gasteiger partial charge in [0.15, 0.2) is 0 Å². The highest BCUT2D eigenvalue weighted by Gasteiger charge is 2.35. The van der Waals surface area contributed by atoms with Gasteiger partial charge in [-0.05, 0) is 61.9 Å². The third-order valence-corrected chi connectivity index (χ3v) is 7.75. The number of amides is 1. The number of methoxy groups -OCH3 is 1. The van der Waals surface area contributed by atoms with Crippen molar-refractivity contribution in [2.24, 2.45) is 5.92 Å². The van der Waals surface area contributed by atoms with Gasteiger partial charge in [-0.2, -0.15) is 4.31 Å². The summed E-state index contributed by atoms with van der Waals surface area (Å²) in [4.78, 5) is 13.1. The molecule has 0 saturated carbocycles. The molecule has 31 heavy (non-hydrogen) atoms. The summed E-state index contributed by atoms with van der Waals surface area (Å²) in [5, 5.41) is 2.98. The zero-order chi connectivity index (χ0) is 22.8. The van der Waals surface area contributed by atoms with Gasteiger partial charge in [-0.15, -0.1) is 0 Å². The third-order valence-electron chi connectivity index (χ3n) is 5.87. The molecule has 168 valence electrons. The molecule has 1 saturated heterocycles. The van der Waals surface area contributed by atoms with Gasteiger partial charge in [0.1, 0.15) is 10.6 Å². The van der Waals surface area contributed by atoms with Crippen LogP contribution in [0.3, 0.4) is 0 Å². The van der Waals surface area contributed by atoms with Crippen LogP contribution in [0.25, 0.3) is 0 Å².